The molecular weight excluding hydrogens is 299 g/mol. The average molecular weight is 316 g/mol. The van der Waals surface area contributed by atoms with Crippen LogP contribution in [0.3, 0.4) is 0 Å². The van der Waals surface area contributed by atoms with Gasteiger partial charge in [-0.1, -0.05) is 18.2 Å². The molecule has 0 aliphatic rings. The zero-order chi connectivity index (χ0) is 17.1. The highest BCUT2D eigenvalue weighted by molar-refractivity contribution is 6.11. The molecule has 0 fully saturated rings. The van der Waals surface area contributed by atoms with E-state index in [1.807, 2.05) is 0 Å². The highest BCUT2D eigenvalue weighted by Crippen LogP contribution is 2.41. The first-order chi connectivity index (χ1) is 10.9. The molecular formula is C18H17FO4. The van der Waals surface area contributed by atoms with Crippen molar-refractivity contribution in [3.63, 3.8) is 0 Å². The summed E-state index contributed by atoms with van der Waals surface area (Å²) in [5.74, 6) is -1.39. The standard InChI is InChI=1S/C18H17FO4/c1-10-16(21)11(2)18(23-3)15(17(10)22)14(20)9-8-12-6-4-5-7-13(12)19/h4-9,21-22H,1-3H3/b9-8+. The number of phenolic OH excluding ortho intramolecular Hbond substituents is 2. The van der Waals surface area contributed by atoms with Gasteiger partial charge in [-0.3, -0.25) is 4.79 Å². The van der Waals surface area contributed by atoms with Crippen molar-refractivity contribution in [1.82, 2.24) is 0 Å². The van der Waals surface area contributed by atoms with Gasteiger partial charge in [-0.05, 0) is 32.1 Å². The number of aromatic hydroxyl groups is 2. The number of ketones is 1. The van der Waals surface area contributed by atoms with Crippen molar-refractivity contribution in [2.75, 3.05) is 7.11 Å². The van der Waals surface area contributed by atoms with Gasteiger partial charge in [0.1, 0.15) is 28.6 Å². The molecule has 23 heavy (non-hydrogen) atoms. The Labute approximate surface area is 133 Å². The molecule has 2 aromatic rings. The van der Waals surface area contributed by atoms with E-state index in [1.54, 1.807) is 19.1 Å². The zero-order valence-electron chi connectivity index (χ0n) is 13.1. The third kappa shape index (κ3) is 3.04. The molecule has 0 aliphatic heterocycles. The number of methoxy groups -OCH3 is 1. The van der Waals surface area contributed by atoms with Crippen LogP contribution >= 0.6 is 0 Å². The Morgan fingerprint density at radius 3 is 2.39 bits per heavy atom. The quantitative estimate of drug-likeness (QED) is 0.666. The molecule has 2 aromatic carbocycles. The summed E-state index contributed by atoms with van der Waals surface area (Å²) in [4.78, 5) is 12.4. The summed E-state index contributed by atoms with van der Waals surface area (Å²) in [5.41, 5.74) is 0.732. The van der Waals surface area contributed by atoms with Crippen LogP contribution in [-0.4, -0.2) is 23.1 Å². The first-order valence-corrected chi connectivity index (χ1v) is 6.94. The van der Waals surface area contributed by atoms with Crippen LogP contribution < -0.4 is 4.74 Å². The molecule has 2 rings (SSSR count). The molecule has 0 atom stereocenters. The molecule has 0 spiro atoms. The lowest BCUT2D eigenvalue weighted by Crippen LogP contribution is -2.03. The summed E-state index contributed by atoms with van der Waals surface area (Å²) in [6, 6.07) is 6.02. The normalized spacial score (nSPS) is 11.0. The van der Waals surface area contributed by atoms with Crippen LogP contribution in [0.2, 0.25) is 0 Å². The van der Waals surface area contributed by atoms with Crippen LogP contribution in [0.15, 0.2) is 30.3 Å². The third-order valence-electron chi connectivity index (χ3n) is 3.64. The highest BCUT2D eigenvalue weighted by Gasteiger charge is 2.23. The first-order valence-electron chi connectivity index (χ1n) is 6.94. The van der Waals surface area contributed by atoms with Crippen LogP contribution in [-0.2, 0) is 0 Å². The van der Waals surface area contributed by atoms with Crippen molar-refractivity contribution < 1.29 is 24.1 Å². The van der Waals surface area contributed by atoms with Crippen molar-refractivity contribution in [3.8, 4) is 17.2 Å². The van der Waals surface area contributed by atoms with Crippen molar-refractivity contribution in [1.29, 1.82) is 0 Å². The van der Waals surface area contributed by atoms with Crippen LogP contribution in [0.5, 0.6) is 17.2 Å². The topological polar surface area (TPSA) is 66.8 Å². The maximum atomic E-state index is 13.6. The number of carbonyl (C=O) groups is 1. The number of allylic oxidation sites excluding steroid dienone is 1. The van der Waals surface area contributed by atoms with Crippen molar-refractivity contribution in [2.24, 2.45) is 0 Å². The van der Waals surface area contributed by atoms with Gasteiger partial charge in [-0.25, -0.2) is 4.39 Å². The number of hydrogen-bond donors (Lipinski definition) is 2. The molecule has 0 aliphatic carbocycles. The SMILES string of the molecule is COc1c(C)c(O)c(C)c(O)c1C(=O)/C=C/c1ccccc1F. The van der Waals surface area contributed by atoms with Crippen molar-refractivity contribution in [3.05, 3.63) is 58.4 Å². The minimum Gasteiger partial charge on any atom is -0.507 e. The fraction of sp³-hybridized carbons (Fsp3) is 0.167. The van der Waals surface area contributed by atoms with E-state index in [-0.39, 0.29) is 33.9 Å². The van der Waals surface area contributed by atoms with Gasteiger partial charge in [-0.15, -0.1) is 0 Å². The molecule has 5 heteroatoms. The van der Waals surface area contributed by atoms with Crippen molar-refractivity contribution in [2.45, 2.75) is 13.8 Å². The molecule has 0 radical (unpaired) electrons. The Kier molecular flexibility index (Phi) is 4.69. The van der Waals surface area contributed by atoms with Gasteiger partial charge < -0.3 is 14.9 Å². The fourth-order valence-electron chi connectivity index (χ4n) is 2.33. The van der Waals surface area contributed by atoms with Gasteiger partial charge in [0.25, 0.3) is 0 Å². The summed E-state index contributed by atoms with van der Waals surface area (Å²) < 4.78 is 18.7. The van der Waals surface area contributed by atoms with E-state index in [2.05, 4.69) is 0 Å². The van der Waals surface area contributed by atoms with Crippen LogP contribution in [0, 0.1) is 19.7 Å². The fourth-order valence-corrected chi connectivity index (χ4v) is 2.33. The molecule has 0 heterocycles. The number of hydrogen-bond acceptors (Lipinski definition) is 4. The lowest BCUT2D eigenvalue weighted by Gasteiger charge is -2.15. The molecule has 0 amide bonds. The number of halogens is 1. The van der Waals surface area contributed by atoms with E-state index >= 15 is 0 Å². The minimum atomic E-state index is -0.547. The number of ether oxygens (including phenoxy) is 1. The maximum absolute atomic E-state index is 13.6. The van der Waals surface area contributed by atoms with Gasteiger partial charge in [-0.2, -0.15) is 0 Å². The van der Waals surface area contributed by atoms with E-state index in [0.29, 0.717) is 5.56 Å². The predicted molar refractivity (Wildman–Crippen MR) is 85.6 cm³/mol. The van der Waals surface area contributed by atoms with Gasteiger partial charge in [0.05, 0.1) is 7.11 Å². The van der Waals surface area contributed by atoms with E-state index in [9.17, 15) is 19.4 Å². The smallest absolute Gasteiger partial charge is 0.193 e. The second-order valence-electron chi connectivity index (χ2n) is 5.07. The molecule has 0 unspecified atom stereocenters. The molecule has 0 saturated heterocycles. The number of phenols is 2. The number of benzene rings is 2. The molecule has 0 saturated carbocycles. The lowest BCUT2D eigenvalue weighted by molar-refractivity contribution is 0.104. The Bertz CT molecular complexity index is 794. The Morgan fingerprint density at radius 2 is 1.78 bits per heavy atom. The number of carbonyl (C=O) groups excluding carboxylic acids is 1. The largest absolute Gasteiger partial charge is 0.507 e. The number of rotatable bonds is 4. The van der Waals surface area contributed by atoms with E-state index < -0.39 is 11.6 Å². The van der Waals surface area contributed by atoms with E-state index in [4.69, 9.17) is 4.74 Å². The van der Waals surface area contributed by atoms with Gasteiger partial charge in [0.2, 0.25) is 0 Å². The zero-order valence-corrected chi connectivity index (χ0v) is 13.1. The monoisotopic (exact) mass is 316 g/mol. The molecule has 0 bridgehead atoms. The minimum absolute atomic E-state index is 0.0621. The van der Waals surface area contributed by atoms with Crippen molar-refractivity contribution >= 4 is 11.9 Å². The summed E-state index contributed by atoms with van der Waals surface area (Å²) in [6.07, 6.45) is 2.49. The molecule has 120 valence electrons. The molecule has 2 N–H and O–H groups in total. The first kappa shape index (κ1) is 16.5. The third-order valence-corrected chi connectivity index (χ3v) is 3.64. The van der Waals surface area contributed by atoms with Crippen LogP contribution in [0.4, 0.5) is 4.39 Å². The van der Waals surface area contributed by atoms with Gasteiger partial charge >= 0.3 is 0 Å². The van der Waals surface area contributed by atoms with Crippen LogP contribution in [0.1, 0.15) is 27.0 Å². The Balaban J connectivity index is 2.50. The molecule has 4 nitrogen and oxygen atoms in total. The summed E-state index contributed by atoms with van der Waals surface area (Å²) in [5, 5.41) is 20.1. The Hall–Kier alpha value is -2.82. The van der Waals surface area contributed by atoms with Crippen LogP contribution in [0.25, 0.3) is 6.08 Å². The summed E-state index contributed by atoms with van der Waals surface area (Å²) in [6.45, 7) is 3.08. The second kappa shape index (κ2) is 6.52. The Morgan fingerprint density at radius 1 is 1.13 bits per heavy atom. The van der Waals surface area contributed by atoms with Gasteiger partial charge in [0.15, 0.2) is 5.78 Å². The van der Waals surface area contributed by atoms with E-state index in [0.717, 1.165) is 6.08 Å². The molecule has 0 aromatic heterocycles. The average Bonchev–Trinajstić information content (AvgIpc) is 2.55. The second-order valence-corrected chi connectivity index (χ2v) is 5.07. The highest BCUT2D eigenvalue weighted by atomic mass is 19.1. The summed E-state index contributed by atoms with van der Waals surface area (Å²) >= 11 is 0. The van der Waals surface area contributed by atoms with Gasteiger partial charge in [0, 0.05) is 16.7 Å². The lowest BCUT2D eigenvalue weighted by atomic mass is 9.98. The maximum Gasteiger partial charge on any atom is 0.193 e. The van der Waals surface area contributed by atoms with E-state index in [1.165, 1.54) is 32.2 Å². The predicted octanol–water partition coefficient (Wildman–Crippen LogP) is 3.76. The summed E-state index contributed by atoms with van der Waals surface area (Å²) in [7, 11) is 1.34.